The highest BCUT2D eigenvalue weighted by Crippen LogP contribution is 2.06. The van der Waals surface area contributed by atoms with Crippen LogP contribution in [0, 0.1) is 0 Å². The zero-order valence-electron chi connectivity index (χ0n) is 23.6. The Balaban J connectivity index is 3.09. The van der Waals surface area contributed by atoms with E-state index in [1.807, 2.05) is 0 Å². The van der Waals surface area contributed by atoms with Gasteiger partial charge in [0.25, 0.3) is 0 Å². The summed E-state index contributed by atoms with van der Waals surface area (Å²) in [5, 5.41) is 40.5. The van der Waals surface area contributed by atoms with Crippen LogP contribution in [-0.4, -0.2) is 107 Å². The number of primary amides is 2. The van der Waals surface area contributed by atoms with Gasteiger partial charge in [-0.15, -0.1) is 0 Å². The number of carbonyl (C=O) groups is 7. The summed E-state index contributed by atoms with van der Waals surface area (Å²) < 4.78 is 0. The van der Waals surface area contributed by atoms with Gasteiger partial charge < -0.3 is 53.4 Å². The van der Waals surface area contributed by atoms with Gasteiger partial charge in [0, 0.05) is 19.8 Å². The van der Waals surface area contributed by atoms with Crippen LogP contribution in [0.3, 0.4) is 0 Å². The van der Waals surface area contributed by atoms with Crippen molar-refractivity contribution in [3.8, 4) is 0 Å². The van der Waals surface area contributed by atoms with Crippen LogP contribution < -0.4 is 38.1 Å². The maximum absolute atomic E-state index is 13.2. The Morgan fingerprint density at radius 1 is 0.651 bits per heavy atom. The minimum absolute atomic E-state index is 0.00681. The molecule has 0 unspecified atom stereocenters. The maximum Gasteiger partial charge on any atom is 0.245 e. The van der Waals surface area contributed by atoms with Crippen molar-refractivity contribution in [1.29, 1.82) is 0 Å². The number of hydrogen-bond donors (Lipinski definition) is 10. The summed E-state index contributed by atoms with van der Waals surface area (Å²) in [5.74, 6) is -6.07. The van der Waals surface area contributed by atoms with Gasteiger partial charge in [-0.2, -0.15) is 0 Å². The summed E-state index contributed by atoms with van der Waals surface area (Å²) in [4.78, 5) is 85.4. The number of aliphatic hydroxyl groups excluding tert-OH is 3. The van der Waals surface area contributed by atoms with Gasteiger partial charge in [0.1, 0.15) is 24.2 Å². The van der Waals surface area contributed by atoms with E-state index < -0.39 is 97.8 Å². The molecule has 17 heteroatoms. The highest BCUT2D eigenvalue weighted by atomic mass is 16.3. The second-order valence-corrected chi connectivity index (χ2v) is 9.56. The van der Waals surface area contributed by atoms with Crippen molar-refractivity contribution in [1.82, 2.24) is 26.6 Å². The summed E-state index contributed by atoms with van der Waals surface area (Å²) in [5.41, 5.74) is 10.8. The summed E-state index contributed by atoms with van der Waals surface area (Å²) in [6, 6.07) is 1.51. The summed E-state index contributed by atoms with van der Waals surface area (Å²) in [6.45, 7) is -1.25. The summed E-state index contributed by atoms with van der Waals surface area (Å²) >= 11 is 0. The van der Waals surface area contributed by atoms with Crippen molar-refractivity contribution >= 4 is 41.4 Å². The molecular formula is C26H39N7O10. The van der Waals surface area contributed by atoms with Crippen LogP contribution in [0.5, 0.6) is 0 Å². The number of benzene rings is 1. The van der Waals surface area contributed by atoms with E-state index in [0.717, 1.165) is 6.92 Å². The molecule has 0 heterocycles. The first-order valence-corrected chi connectivity index (χ1v) is 13.2. The SMILES string of the molecule is CC(=O)N[C@@H](CC(N)=O)C(=O)N[C@@H](CO)C(=O)N[C@@H](Cc1ccccc1)C(=O)N[C@@H](CO)C(=O)N[C@H](CO)CCC(N)=O. The number of aliphatic hydroxyl groups is 3. The Morgan fingerprint density at radius 2 is 1.14 bits per heavy atom. The highest BCUT2D eigenvalue weighted by Gasteiger charge is 2.32. The van der Waals surface area contributed by atoms with E-state index in [1.165, 1.54) is 0 Å². The number of rotatable bonds is 19. The van der Waals surface area contributed by atoms with Crippen molar-refractivity contribution in [3.63, 3.8) is 0 Å². The van der Waals surface area contributed by atoms with E-state index in [4.69, 9.17) is 11.5 Å². The molecular weight excluding hydrogens is 570 g/mol. The van der Waals surface area contributed by atoms with E-state index in [1.54, 1.807) is 30.3 Å². The van der Waals surface area contributed by atoms with Crippen LogP contribution in [0.15, 0.2) is 30.3 Å². The van der Waals surface area contributed by atoms with E-state index >= 15 is 0 Å². The first-order valence-electron chi connectivity index (χ1n) is 13.2. The third-order valence-corrected chi connectivity index (χ3v) is 5.95. The number of amides is 7. The summed E-state index contributed by atoms with van der Waals surface area (Å²) in [7, 11) is 0. The molecule has 0 bridgehead atoms. The van der Waals surface area contributed by atoms with E-state index in [0.29, 0.717) is 5.56 Å². The lowest BCUT2D eigenvalue weighted by atomic mass is 10.0. The molecule has 1 aromatic rings. The van der Waals surface area contributed by atoms with Crippen LogP contribution >= 0.6 is 0 Å². The Morgan fingerprint density at radius 3 is 1.60 bits per heavy atom. The Labute approximate surface area is 247 Å². The predicted octanol–water partition coefficient (Wildman–Crippen LogP) is -5.21. The number of carbonyl (C=O) groups excluding carboxylic acids is 7. The fourth-order valence-electron chi connectivity index (χ4n) is 3.75. The molecule has 0 saturated heterocycles. The van der Waals surface area contributed by atoms with Crippen LogP contribution in [0.1, 0.15) is 31.7 Å². The second kappa shape index (κ2) is 18.7. The van der Waals surface area contributed by atoms with E-state index in [2.05, 4.69) is 26.6 Å². The van der Waals surface area contributed by atoms with Crippen LogP contribution in [-0.2, 0) is 40.0 Å². The van der Waals surface area contributed by atoms with Crippen LogP contribution in [0.4, 0.5) is 0 Å². The lowest BCUT2D eigenvalue weighted by molar-refractivity contribution is -0.136. The fraction of sp³-hybridized carbons (Fsp3) is 0.500. The molecule has 5 atom stereocenters. The standard InChI is InChI=1S/C26H39N7O10/c1-14(37)29-18(10-22(28)39)24(41)33-20(13-36)26(43)31-17(9-15-5-3-2-4-6-15)23(40)32-19(12-35)25(42)30-16(11-34)7-8-21(27)38/h2-6,16-20,34-36H,7-13H2,1H3,(H2,27,38)(H2,28,39)(H,29,37)(H,30,42)(H,31,43)(H,32,40)(H,33,41)/t16-,17-,18-,19-,20-/m0/s1. The largest absolute Gasteiger partial charge is 0.394 e. The van der Waals surface area contributed by atoms with Gasteiger partial charge in [0.2, 0.25) is 41.4 Å². The van der Waals surface area contributed by atoms with Crippen molar-refractivity contribution in [2.45, 2.75) is 62.8 Å². The molecule has 7 amide bonds. The van der Waals surface area contributed by atoms with Gasteiger partial charge in [-0.1, -0.05) is 30.3 Å². The maximum atomic E-state index is 13.2. The van der Waals surface area contributed by atoms with Gasteiger partial charge in [0.15, 0.2) is 0 Å². The molecule has 0 radical (unpaired) electrons. The molecule has 1 rings (SSSR count). The third kappa shape index (κ3) is 13.7. The highest BCUT2D eigenvalue weighted by molar-refractivity contribution is 5.96. The van der Waals surface area contributed by atoms with Crippen molar-refractivity contribution < 1.29 is 48.9 Å². The monoisotopic (exact) mass is 609 g/mol. The van der Waals surface area contributed by atoms with Gasteiger partial charge in [-0.05, 0) is 12.0 Å². The molecule has 43 heavy (non-hydrogen) atoms. The molecule has 12 N–H and O–H groups in total. The molecule has 0 aromatic heterocycles. The average Bonchev–Trinajstić information content (AvgIpc) is 2.95. The zero-order valence-corrected chi connectivity index (χ0v) is 23.6. The van der Waals surface area contributed by atoms with E-state index in [9.17, 15) is 48.9 Å². The molecule has 1 aromatic carbocycles. The Hall–Kier alpha value is -4.61. The van der Waals surface area contributed by atoms with Crippen molar-refractivity contribution in [3.05, 3.63) is 35.9 Å². The number of nitrogens with one attached hydrogen (secondary N) is 5. The fourth-order valence-corrected chi connectivity index (χ4v) is 3.75. The quantitative estimate of drug-likeness (QED) is 0.0711. The molecule has 0 spiro atoms. The molecule has 0 aliphatic heterocycles. The molecule has 0 aliphatic rings. The van der Waals surface area contributed by atoms with Crippen molar-refractivity contribution in [2.24, 2.45) is 11.5 Å². The molecule has 0 saturated carbocycles. The molecule has 238 valence electrons. The first kappa shape index (κ1) is 36.4. The Bertz CT molecular complexity index is 1120. The van der Waals surface area contributed by atoms with E-state index in [-0.39, 0.29) is 19.3 Å². The number of nitrogens with two attached hydrogens (primary N) is 2. The van der Waals surface area contributed by atoms with Crippen molar-refractivity contribution in [2.75, 3.05) is 19.8 Å². The second-order valence-electron chi connectivity index (χ2n) is 9.56. The van der Waals surface area contributed by atoms with Gasteiger partial charge in [0.05, 0.1) is 32.3 Å². The minimum atomic E-state index is -1.63. The number of hydrogen-bond acceptors (Lipinski definition) is 10. The van der Waals surface area contributed by atoms with Crippen LogP contribution in [0.2, 0.25) is 0 Å². The average molecular weight is 610 g/mol. The van der Waals surface area contributed by atoms with Gasteiger partial charge >= 0.3 is 0 Å². The Kier molecular flexibility index (Phi) is 15.9. The molecule has 0 aliphatic carbocycles. The predicted molar refractivity (Wildman–Crippen MR) is 149 cm³/mol. The lowest BCUT2D eigenvalue weighted by Gasteiger charge is -2.26. The lowest BCUT2D eigenvalue weighted by Crippen LogP contribution is -2.60. The topological polar surface area (TPSA) is 292 Å². The smallest absolute Gasteiger partial charge is 0.245 e. The van der Waals surface area contributed by atoms with Crippen LogP contribution in [0.25, 0.3) is 0 Å². The summed E-state index contributed by atoms with van der Waals surface area (Å²) in [6.07, 6.45) is -0.830. The normalized spacial score (nSPS) is 14.1. The van der Waals surface area contributed by atoms with Gasteiger partial charge in [-0.3, -0.25) is 33.6 Å². The minimum Gasteiger partial charge on any atom is -0.394 e. The molecule has 17 nitrogen and oxygen atoms in total. The molecule has 0 fully saturated rings. The van der Waals surface area contributed by atoms with Gasteiger partial charge in [-0.25, -0.2) is 0 Å². The third-order valence-electron chi connectivity index (χ3n) is 5.95. The first-order chi connectivity index (χ1) is 20.3. The zero-order chi connectivity index (χ0) is 32.5.